The van der Waals surface area contributed by atoms with Crippen molar-refractivity contribution >= 4 is 45.6 Å². The molecule has 0 atom stereocenters. The molecule has 0 unspecified atom stereocenters. The van der Waals surface area contributed by atoms with Crippen LogP contribution in [0.2, 0.25) is 0 Å². The third-order valence-corrected chi connectivity index (χ3v) is 2.79. The van der Waals surface area contributed by atoms with Gasteiger partial charge in [0.1, 0.15) is 0 Å². The number of anilines is 1. The van der Waals surface area contributed by atoms with Crippen molar-refractivity contribution in [2.45, 2.75) is 6.36 Å². The minimum Gasteiger partial charge on any atom is -0.404 e. The summed E-state index contributed by atoms with van der Waals surface area (Å²) in [6, 6.07) is 5.19. The molecule has 0 aliphatic carbocycles. The van der Waals surface area contributed by atoms with Gasteiger partial charge < -0.3 is 15.8 Å². The highest BCUT2D eigenvalue weighted by molar-refractivity contribution is 14.0. The van der Waals surface area contributed by atoms with E-state index in [1.54, 1.807) is 0 Å². The number of nitrogens with one attached hydrogen (secondary N) is 1. The summed E-state index contributed by atoms with van der Waals surface area (Å²) in [6.07, 6.45) is -4.85. The van der Waals surface area contributed by atoms with Crippen molar-refractivity contribution in [3.63, 3.8) is 0 Å². The van der Waals surface area contributed by atoms with E-state index in [0.717, 1.165) is 6.07 Å². The van der Waals surface area contributed by atoms with Crippen LogP contribution in [0.15, 0.2) is 29.3 Å². The zero-order valence-corrected chi connectivity index (χ0v) is 14.1. The molecule has 0 spiro atoms. The second kappa shape index (κ2) is 8.38. The summed E-state index contributed by atoms with van der Waals surface area (Å²) < 4.78 is 61.8. The van der Waals surface area contributed by atoms with Gasteiger partial charge in [-0.15, -0.1) is 37.1 Å². The summed E-state index contributed by atoms with van der Waals surface area (Å²) in [5.41, 5.74) is 5.37. The molecule has 126 valence electrons. The van der Waals surface area contributed by atoms with Gasteiger partial charge >= 0.3 is 6.36 Å². The number of aliphatic imine (C=N–C) groups is 1. The van der Waals surface area contributed by atoms with Gasteiger partial charge in [-0.25, -0.2) is 13.6 Å². The lowest BCUT2D eigenvalue weighted by Crippen LogP contribution is -2.26. The Balaban J connectivity index is 0.00000441. The molecule has 1 aromatic rings. The van der Waals surface area contributed by atoms with Crippen molar-refractivity contribution in [3.05, 3.63) is 24.3 Å². The molecule has 22 heavy (non-hydrogen) atoms. The van der Waals surface area contributed by atoms with Crippen LogP contribution in [0.25, 0.3) is 0 Å². The smallest absolute Gasteiger partial charge is 0.404 e. The van der Waals surface area contributed by atoms with Crippen LogP contribution < -0.4 is 20.9 Å². The number of hydrogen-bond acceptors (Lipinski definition) is 4. The Hall–Kier alpha value is -1.28. The van der Waals surface area contributed by atoms with Gasteiger partial charge in [0, 0.05) is 0 Å². The fraction of sp³-hybridized carbons (Fsp3) is 0.300. The predicted molar refractivity (Wildman–Crippen MR) is 86.6 cm³/mol. The average molecular weight is 454 g/mol. The maximum atomic E-state index is 12.2. The van der Waals surface area contributed by atoms with E-state index in [-0.39, 0.29) is 42.2 Å². The van der Waals surface area contributed by atoms with E-state index < -0.39 is 27.9 Å². The summed E-state index contributed by atoms with van der Waals surface area (Å²) >= 11 is 0. The van der Waals surface area contributed by atoms with Gasteiger partial charge in [0.25, 0.3) is 0 Å². The first-order valence-corrected chi connectivity index (χ1v) is 7.20. The van der Waals surface area contributed by atoms with Crippen molar-refractivity contribution in [2.24, 2.45) is 15.9 Å². The van der Waals surface area contributed by atoms with Crippen LogP contribution >= 0.6 is 24.0 Å². The molecule has 1 rings (SSSR count). The SMILES string of the molecule is I.NC(=NCCS(N)(=O)=O)Nc1ccccc1OC(F)(F)F. The van der Waals surface area contributed by atoms with Crippen LogP contribution in [-0.2, 0) is 10.0 Å². The largest absolute Gasteiger partial charge is 0.573 e. The molecule has 1 aromatic carbocycles. The number of guanidine groups is 1. The third kappa shape index (κ3) is 8.89. The molecule has 12 heteroatoms. The van der Waals surface area contributed by atoms with E-state index >= 15 is 0 Å². The molecule has 0 aromatic heterocycles. The Morgan fingerprint density at radius 3 is 2.45 bits per heavy atom. The zero-order valence-electron chi connectivity index (χ0n) is 11.0. The highest BCUT2D eigenvalue weighted by atomic mass is 127. The molecule has 0 heterocycles. The fourth-order valence-electron chi connectivity index (χ4n) is 1.25. The van der Waals surface area contributed by atoms with Crippen LogP contribution in [0.1, 0.15) is 0 Å². The number of para-hydroxylation sites is 2. The lowest BCUT2D eigenvalue weighted by Gasteiger charge is -2.14. The number of nitrogens with zero attached hydrogens (tertiary/aromatic N) is 1. The molecule has 0 saturated heterocycles. The van der Waals surface area contributed by atoms with E-state index in [1.807, 2.05) is 0 Å². The quantitative estimate of drug-likeness (QED) is 0.351. The Bertz CT molecular complexity index is 622. The molecule has 0 bridgehead atoms. The second-order valence-corrected chi connectivity index (χ2v) is 5.54. The maximum Gasteiger partial charge on any atom is 0.573 e. The van der Waals surface area contributed by atoms with Crippen molar-refractivity contribution in [2.75, 3.05) is 17.6 Å². The number of halogens is 4. The summed E-state index contributed by atoms with van der Waals surface area (Å²) in [5.74, 6) is -1.19. The van der Waals surface area contributed by atoms with Gasteiger partial charge in [-0.3, -0.25) is 4.99 Å². The number of rotatable bonds is 5. The van der Waals surface area contributed by atoms with Gasteiger partial charge in [0.2, 0.25) is 10.0 Å². The van der Waals surface area contributed by atoms with E-state index in [4.69, 9.17) is 10.9 Å². The number of hydrogen-bond donors (Lipinski definition) is 3. The van der Waals surface area contributed by atoms with Crippen LogP contribution in [0.4, 0.5) is 18.9 Å². The van der Waals surface area contributed by atoms with Crippen LogP contribution in [0.5, 0.6) is 5.75 Å². The summed E-state index contributed by atoms with van der Waals surface area (Å²) in [5, 5.41) is 7.15. The number of alkyl halides is 3. The van der Waals surface area contributed by atoms with Gasteiger partial charge in [-0.1, -0.05) is 12.1 Å². The first kappa shape index (κ1) is 20.7. The topological polar surface area (TPSA) is 120 Å². The van der Waals surface area contributed by atoms with E-state index in [1.165, 1.54) is 18.2 Å². The first-order valence-electron chi connectivity index (χ1n) is 5.49. The minimum atomic E-state index is -4.85. The Labute approximate surface area is 142 Å². The first-order chi connectivity index (χ1) is 9.57. The van der Waals surface area contributed by atoms with Gasteiger partial charge in [0.05, 0.1) is 18.0 Å². The lowest BCUT2D eigenvalue weighted by molar-refractivity contribution is -0.274. The van der Waals surface area contributed by atoms with Gasteiger partial charge in [0.15, 0.2) is 11.7 Å². The average Bonchev–Trinajstić information content (AvgIpc) is 2.28. The van der Waals surface area contributed by atoms with Crippen LogP contribution in [0, 0.1) is 0 Å². The standard InChI is InChI=1S/C10H13F3N4O3S.HI/c11-10(12,13)20-8-4-2-1-3-7(8)17-9(14)16-5-6-21(15,18)19;/h1-4H,5-6H2,(H3,14,16,17)(H2,15,18,19);1H. The predicted octanol–water partition coefficient (Wildman–Crippen LogP) is 1.22. The van der Waals surface area contributed by atoms with Crippen molar-refractivity contribution in [3.8, 4) is 5.75 Å². The van der Waals surface area contributed by atoms with Crippen LogP contribution in [-0.4, -0.2) is 33.0 Å². The fourth-order valence-corrected chi connectivity index (χ4v) is 1.60. The summed E-state index contributed by atoms with van der Waals surface area (Å²) in [4.78, 5) is 3.63. The third-order valence-electron chi connectivity index (χ3n) is 2.03. The molecule has 0 amide bonds. The summed E-state index contributed by atoms with van der Waals surface area (Å²) in [6.45, 7) is -0.222. The van der Waals surface area contributed by atoms with Crippen LogP contribution in [0.3, 0.4) is 0 Å². The van der Waals surface area contributed by atoms with E-state index in [0.29, 0.717) is 0 Å². The monoisotopic (exact) mass is 454 g/mol. The highest BCUT2D eigenvalue weighted by Crippen LogP contribution is 2.29. The number of primary sulfonamides is 1. The highest BCUT2D eigenvalue weighted by Gasteiger charge is 2.32. The second-order valence-electron chi connectivity index (χ2n) is 3.80. The maximum absolute atomic E-state index is 12.2. The van der Waals surface area contributed by atoms with Crippen molar-refractivity contribution in [1.29, 1.82) is 0 Å². The Morgan fingerprint density at radius 1 is 1.32 bits per heavy atom. The van der Waals surface area contributed by atoms with Gasteiger partial charge in [-0.05, 0) is 12.1 Å². The van der Waals surface area contributed by atoms with Gasteiger partial charge in [-0.2, -0.15) is 0 Å². The number of nitrogens with two attached hydrogens (primary N) is 2. The van der Waals surface area contributed by atoms with Crippen molar-refractivity contribution in [1.82, 2.24) is 0 Å². The molecular weight excluding hydrogens is 440 g/mol. The minimum absolute atomic E-state index is 0. The zero-order chi connectivity index (χ0) is 16.1. The molecule has 0 aliphatic heterocycles. The Morgan fingerprint density at radius 2 is 1.91 bits per heavy atom. The Kier molecular flexibility index (Phi) is 7.89. The molecule has 7 nitrogen and oxygen atoms in total. The summed E-state index contributed by atoms with van der Waals surface area (Å²) in [7, 11) is -3.69. The van der Waals surface area contributed by atoms with E-state index in [2.05, 4.69) is 15.0 Å². The molecular formula is C10H14F3IN4O3S. The molecule has 0 aliphatic rings. The van der Waals surface area contributed by atoms with E-state index in [9.17, 15) is 21.6 Å². The number of sulfonamides is 1. The molecule has 0 radical (unpaired) electrons. The lowest BCUT2D eigenvalue weighted by atomic mass is 10.3. The molecule has 5 N–H and O–H groups in total. The normalized spacial score (nSPS) is 12.5. The number of benzene rings is 1. The molecule has 0 fully saturated rings. The van der Waals surface area contributed by atoms with Crippen molar-refractivity contribution < 1.29 is 26.3 Å². The molecule has 0 saturated carbocycles. The number of ether oxygens (including phenoxy) is 1.